The Morgan fingerprint density at radius 3 is 2.52 bits per heavy atom. The monoisotopic (exact) mass is 459 g/mol. The van der Waals surface area contributed by atoms with Crippen LogP contribution in [-0.4, -0.2) is 30.5 Å². The first-order valence-corrected chi connectivity index (χ1v) is 8.80. The molecule has 0 aromatic heterocycles. The number of nitro groups is 1. The van der Waals surface area contributed by atoms with Gasteiger partial charge in [0.25, 0.3) is 11.6 Å². The molecule has 29 heavy (non-hydrogen) atoms. The average Bonchev–Trinajstić information content (AvgIpc) is 2.72. The Hall–Kier alpha value is -3.71. The van der Waals surface area contributed by atoms with Gasteiger partial charge in [-0.1, -0.05) is 12.1 Å². The molecule has 0 atom stereocenters. The van der Waals surface area contributed by atoms with Crippen molar-refractivity contribution >= 4 is 45.3 Å². The fraction of sp³-hybridized carbons (Fsp3) is 0.105. The summed E-state index contributed by atoms with van der Waals surface area (Å²) in [6, 6.07) is 12.2. The normalized spacial score (nSPS) is 10.6. The quantitative estimate of drug-likeness (QED) is 0.220. The molecule has 0 saturated carbocycles. The second kappa shape index (κ2) is 10.0. The minimum atomic E-state index is -0.957. The van der Waals surface area contributed by atoms with Crippen molar-refractivity contribution in [2.45, 2.75) is 0 Å². The van der Waals surface area contributed by atoms with E-state index in [2.05, 4.69) is 21.2 Å². The van der Waals surface area contributed by atoms with Gasteiger partial charge in [0.05, 0.1) is 17.7 Å². The molecule has 0 unspecified atom stereocenters. The summed E-state index contributed by atoms with van der Waals surface area (Å²) in [6.07, 6.45) is 1.33. The molecule has 2 rings (SSSR count). The van der Waals surface area contributed by atoms with Crippen molar-refractivity contribution in [1.29, 1.82) is 5.26 Å². The predicted octanol–water partition coefficient (Wildman–Crippen LogP) is 3.45. The third-order valence-corrected chi connectivity index (χ3v) is 4.20. The van der Waals surface area contributed by atoms with Crippen molar-refractivity contribution in [3.05, 3.63) is 68.2 Å². The number of non-ortho nitro benzene ring substituents is 1. The van der Waals surface area contributed by atoms with Gasteiger partial charge in [0, 0.05) is 16.6 Å². The number of carbonyl (C=O) groups is 2. The van der Waals surface area contributed by atoms with Crippen LogP contribution < -0.4 is 10.1 Å². The van der Waals surface area contributed by atoms with Crippen LogP contribution in [0.25, 0.3) is 6.08 Å². The first-order valence-electron chi connectivity index (χ1n) is 8.01. The third kappa shape index (κ3) is 6.15. The molecule has 0 spiro atoms. The number of nitrogens with zero attached hydrogens (tertiary/aromatic N) is 2. The largest absolute Gasteiger partial charge is 0.497 e. The van der Waals surface area contributed by atoms with Crippen LogP contribution in [0.3, 0.4) is 0 Å². The number of nitrogens with one attached hydrogen (secondary N) is 1. The van der Waals surface area contributed by atoms with E-state index in [9.17, 15) is 19.7 Å². The molecule has 0 saturated heterocycles. The zero-order valence-electron chi connectivity index (χ0n) is 15.0. The number of hydrogen-bond donors (Lipinski definition) is 1. The standard InChI is InChI=1S/C19H14BrN3O6/c1-28-15-5-2-12(3-6-15)8-13(10-21)19(25)29-11-18(24)22-17-7-4-14(23(26)27)9-16(17)20/h2-9H,11H2,1H3,(H,22,24). The molecular weight excluding hydrogens is 446 g/mol. The number of ether oxygens (including phenoxy) is 2. The number of hydrogen-bond acceptors (Lipinski definition) is 7. The molecule has 148 valence electrons. The molecular formula is C19H14BrN3O6. The molecule has 2 aromatic carbocycles. The first-order chi connectivity index (χ1) is 13.8. The summed E-state index contributed by atoms with van der Waals surface area (Å²) in [4.78, 5) is 34.2. The number of rotatable bonds is 7. The summed E-state index contributed by atoms with van der Waals surface area (Å²) < 4.78 is 10.2. The molecule has 9 nitrogen and oxygen atoms in total. The highest BCUT2D eigenvalue weighted by molar-refractivity contribution is 9.10. The summed E-state index contributed by atoms with van der Waals surface area (Å²) >= 11 is 3.12. The van der Waals surface area contributed by atoms with Crippen LogP contribution >= 0.6 is 15.9 Å². The lowest BCUT2D eigenvalue weighted by Crippen LogP contribution is -2.21. The highest BCUT2D eigenvalue weighted by Gasteiger charge is 2.15. The van der Waals surface area contributed by atoms with E-state index in [0.29, 0.717) is 15.8 Å². The van der Waals surface area contributed by atoms with Crippen LogP contribution in [0.15, 0.2) is 52.5 Å². The number of esters is 1. The van der Waals surface area contributed by atoms with Crippen LogP contribution in [0, 0.1) is 21.4 Å². The van der Waals surface area contributed by atoms with Gasteiger partial charge < -0.3 is 14.8 Å². The number of nitro benzene ring substituents is 1. The minimum Gasteiger partial charge on any atom is -0.497 e. The average molecular weight is 460 g/mol. The van der Waals surface area contributed by atoms with Gasteiger partial charge in [0.2, 0.25) is 0 Å². The van der Waals surface area contributed by atoms with E-state index in [1.54, 1.807) is 30.3 Å². The number of nitriles is 1. The lowest BCUT2D eigenvalue weighted by molar-refractivity contribution is -0.384. The Morgan fingerprint density at radius 2 is 1.97 bits per heavy atom. The van der Waals surface area contributed by atoms with Crippen LogP contribution in [0.5, 0.6) is 5.75 Å². The molecule has 0 fully saturated rings. The highest BCUT2D eigenvalue weighted by atomic mass is 79.9. The van der Waals surface area contributed by atoms with Crippen molar-refractivity contribution in [3.8, 4) is 11.8 Å². The van der Waals surface area contributed by atoms with E-state index >= 15 is 0 Å². The Bertz CT molecular complexity index is 1010. The SMILES string of the molecule is COc1ccc(C=C(C#N)C(=O)OCC(=O)Nc2ccc([N+](=O)[O-])cc2Br)cc1. The van der Waals surface area contributed by atoms with E-state index in [4.69, 9.17) is 14.7 Å². The highest BCUT2D eigenvalue weighted by Crippen LogP contribution is 2.27. The third-order valence-electron chi connectivity index (χ3n) is 3.54. The van der Waals surface area contributed by atoms with Crippen molar-refractivity contribution in [2.24, 2.45) is 0 Å². The van der Waals surface area contributed by atoms with Gasteiger partial charge in [-0.25, -0.2) is 4.79 Å². The van der Waals surface area contributed by atoms with Crippen LogP contribution in [-0.2, 0) is 14.3 Å². The van der Waals surface area contributed by atoms with Crippen LogP contribution in [0.1, 0.15) is 5.56 Å². The van der Waals surface area contributed by atoms with Crippen molar-refractivity contribution in [3.63, 3.8) is 0 Å². The molecule has 0 radical (unpaired) electrons. The predicted molar refractivity (Wildman–Crippen MR) is 107 cm³/mol. The summed E-state index contributed by atoms with van der Waals surface area (Å²) in [5.74, 6) is -1.01. The van der Waals surface area contributed by atoms with E-state index in [1.807, 2.05) is 0 Å². The molecule has 0 bridgehead atoms. The second-order valence-corrected chi connectivity index (χ2v) is 6.34. The van der Waals surface area contributed by atoms with Gasteiger partial charge in [0.1, 0.15) is 17.4 Å². The molecule has 1 amide bonds. The fourth-order valence-corrected chi connectivity index (χ4v) is 2.58. The maximum atomic E-state index is 12.0. The van der Waals surface area contributed by atoms with Gasteiger partial charge in [0.15, 0.2) is 6.61 Å². The van der Waals surface area contributed by atoms with Gasteiger partial charge in [-0.05, 0) is 45.8 Å². The topological polar surface area (TPSA) is 132 Å². The zero-order valence-corrected chi connectivity index (χ0v) is 16.6. The smallest absolute Gasteiger partial charge is 0.349 e. The van der Waals surface area contributed by atoms with Gasteiger partial charge in [-0.2, -0.15) is 5.26 Å². The molecule has 0 aliphatic heterocycles. The molecule has 0 heterocycles. The van der Waals surface area contributed by atoms with Crippen molar-refractivity contribution < 1.29 is 24.0 Å². The van der Waals surface area contributed by atoms with E-state index in [1.165, 1.54) is 31.4 Å². The molecule has 0 aliphatic carbocycles. The van der Waals surface area contributed by atoms with Gasteiger partial charge in [-0.3, -0.25) is 14.9 Å². The van der Waals surface area contributed by atoms with Crippen molar-refractivity contribution in [1.82, 2.24) is 0 Å². The molecule has 2 aromatic rings. The summed E-state index contributed by atoms with van der Waals surface area (Å²) in [5.41, 5.74) is 0.424. The first kappa shape index (κ1) is 21.6. The maximum absolute atomic E-state index is 12.0. The maximum Gasteiger partial charge on any atom is 0.349 e. The lowest BCUT2D eigenvalue weighted by atomic mass is 10.1. The number of anilines is 1. The number of benzene rings is 2. The molecule has 0 aliphatic rings. The number of methoxy groups -OCH3 is 1. The fourth-order valence-electron chi connectivity index (χ4n) is 2.12. The van der Waals surface area contributed by atoms with Crippen molar-refractivity contribution in [2.75, 3.05) is 19.0 Å². The second-order valence-electron chi connectivity index (χ2n) is 5.49. The number of amides is 1. The van der Waals surface area contributed by atoms with Gasteiger partial charge in [-0.15, -0.1) is 0 Å². The summed E-state index contributed by atoms with van der Waals surface area (Å²) in [6.45, 7) is -0.635. The lowest BCUT2D eigenvalue weighted by Gasteiger charge is -2.08. The summed E-state index contributed by atoms with van der Waals surface area (Å²) in [5, 5.41) is 22.3. The van der Waals surface area contributed by atoms with E-state index in [-0.39, 0.29) is 16.9 Å². The van der Waals surface area contributed by atoms with E-state index < -0.39 is 23.4 Å². The van der Waals surface area contributed by atoms with Crippen LogP contribution in [0.2, 0.25) is 0 Å². The number of carbonyl (C=O) groups excluding carboxylic acids is 2. The zero-order chi connectivity index (χ0) is 21.4. The van der Waals surface area contributed by atoms with Gasteiger partial charge >= 0.3 is 5.97 Å². The van der Waals surface area contributed by atoms with E-state index in [0.717, 1.165) is 0 Å². The minimum absolute atomic E-state index is 0.149. The Kier molecular flexibility index (Phi) is 7.45. The van der Waals surface area contributed by atoms with Crippen LogP contribution in [0.4, 0.5) is 11.4 Å². The molecule has 1 N–H and O–H groups in total. The Morgan fingerprint density at radius 1 is 1.28 bits per heavy atom. The Labute approximate surface area is 173 Å². The number of halogens is 1. The molecule has 10 heteroatoms. The Balaban J connectivity index is 1.97. The summed E-state index contributed by atoms with van der Waals surface area (Å²) in [7, 11) is 1.52.